The van der Waals surface area contributed by atoms with E-state index in [0.717, 1.165) is 27.1 Å². The Morgan fingerprint density at radius 2 is 1.43 bits per heavy atom. The number of benzene rings is 3. The van der Waals surface area contributed by atoms with E-state index in [-0.39, 0.29) is 5.57 Å². The topological polar surface area (TPSA) is 52.6 Å². The summed E-state index contributed by atoms with van der Waals surface area (Å²) in [6.45, 7) is 3.37. The zero-order chi connectivity index (χ0) is 19.7. The molecule has 0 radical (unpaired) electrons. The van der Waals surface area contributed by atoms with Crippen molar-refractivity contribution >= 4 is 39.6 Å². The van der Waals surface area contributed by atoms with Gasteiger partial charge in [0, 0.05) is 13.3 Å². The Bertz CT molecular complexity index is 1080. The minimum atomic E-state index is -1.19. The third-order valence-electron chi connectivity index (χ3n) is 5.04. The molecule has 0 amide bonds. The van der Waals surface area contributed by atoms with E-state index >= 15 is 0 Å². The summed E-state index contributed by atoms with van der Waals surface area (Å²) in [6.07, 6.45) is 5.46. The van der Waals surface area contributed by atoms with Crippen LogP contribution >= 0.6 is 0 Å². The summed E-state index contributed by atoms with van der Waals surface area (Å²) in [7, 11) is 0. The van der Waals surface area contributed by atoms with Crippen LogP contribution in [0.4, 0.5) is 0 Å². The average molecular weight is 372 g/mol. The number of ether oxygens (including phenoxy) is 2. The molecular formula is C24H20O4. The molecule has 0 aromatic heterocycles. The maximum atomic E-state index is 12.2. The van der Waals surface area contributed by atoms with E-state index in [9.17, 15) is 9.59 Å². The van der Waals surface area contributed by atoms with Crippen LogP contribution in [0.5, 0.6) is 0 Å². The summed E-state index contributed by atoms with van der Waals surface area (Å²) < 4.78 is 10.5. The van der Waals surface area contributed by atoms with Gasteiger partial charge in [-0.05, 0) is 39.3 Å². The molecule has 0 atom stereocenters. The lowest BCUT2D eigenvalue weighted by Gasteiger charge is -2.32. The van der Waals surface area contributed by atoms with Crippen molar-refractivity contribution in [3.8, 4) is 0 Å². The predicted octanol–water partition coefficient (Wildman–Crippen LogP) is 5.16. The Labute approximate surface area is 163 Å². The molecule has 140 valence electrons. The number of fused-ring (bicyclic) bond motifs is 2. The monoisotopic (exact) mass is 372 g/mol. The Morgan fingerprint density at radius 3 is 1.96 bits per heavy atom. The van der Waals surface area contributed by atoms with Gasteiger partial charge in [-0.15, -0.1) is 0 Å². The van der Waals surface area contributed by atoms with Crippen LogP contribution in [0.2, 0.25) is 0 Å². The Balaban J connectivity index is 1.76. The standard InChI is InChI=1S/C24H20O4/c1-3-24(2)27-22(25)21(23(26)28-24)14-8-13-20-18-11-6-4-9-16(18)15-17-10-5-7-12-19(17)20/h4-15H,3H2,1-2H3. The fourth-order valence-corrected chi connectivity index (χ4v) is 3.36. The van der Waals surface area contributed by atoms with Crippen molar-refractivity contribution in [1.29, 1.82) is 0 Å². The second-order valence-corrected chi connectivity index (χ2v) is 6.94. The van der Waals surface area contributed by atoms with Crippen molar-refractivity contribution in [3.05, 3.63) is 77.9 Å². The Morgan fingerprint density at radius 1 is 0.893 bits per heavy atom. The molecule has 0 aliphatic carbocycles. The van der Waals surface area contributed by atoms with E-state index in [1.165, 1.54) is 6.08 Å². The second-order valence-electron chi connectivity index (χ2n) is 6.94. The molecule has 0 spiro atoms. The van der Waals surface area contributed by atoms with Crippen LogP contribution in [-0.4, -0.2) is 17.7 Å². The van der Waals surface area contributed by atoms with Crippen molar-refractivity contribution in [2.45, 2.75) is 26.1 Å². The van der Waals surface area contributed by atoms with Gasteiger partial charge in [-0.25, -0.2) is 9.59 Å². The van der Waals surface area contributed by atoms with Crippen LogP contribution < -0.4 is 0 Å². The van der Waals surface area contributed by atoms with Crippen molar-refractivity contribution in [1.82, 2.24) is 0 Å². The van der Waals surface area contributed by atoms with Crippen molar-refractivity contribution < 1.29 is 19.1 Å². The maximum Gasteiger partial charge on any atom is 0.348 e. The van der Waals surface area contributed by atoms with Gasteiger partial charge in [-0.3, -0.25) is 0 Å². The Hall–Kier alpha value is -3.40. The van der Waals surface area contributed by atoms with Crippen LogP contribution in [0, 0.1) is 0 Å². The second kappa shape index (κ2) is 6.97. The zero-order valence-electron chi connectivity index (χ0n) is 15.8. The first-order chi connectivity index (χ1) is 13.5. The molecule has 4 heteroatoms. The summed E-state index contributed by atoms with van der Waals surface area (Å²) in [4.78, 5) is 24.4. The van der Waals surface area contributed by atoms with Crippen LogP contribution in [0.15, 0.2) is 72.3 Å². The summed E-state index contributed by atoms with van der Waals surface area (Å²) >= 11 is 0. The molecule has 1 aliphatic heterocycles. The van der Waals surface area contributed by atoms with Crippen molar-refractivity contribution in [2.75, 3.05) is 0 Å². The van der Waals surface area contributed by atoms with Crippen LogP contribution in [0.1, 0.15) is 25.8 Å². The van der Waals surface area contributed by atoms with Gasteiger partial charge >= 0.3 is 11.9 Å². The highest BCUT2D eigenvalue weighted by molar-refractivity contribution is 6.15. The number of rotatable bonds is 3. The normalized spacial score (nSPS) is 19.9. The minimum absolute atomic E-state index is 0.105. The number of cyclic esters (lactones) is 2. The molecule has 0 saturated carbocycles. The summed E-state index contributed by atoms with van der Waals surface area (Å²) in [5.74, 6) is -2.51. The molecule has 0 unspecified atom stereocenters. The highest BCUT2D eigenvalue weighted by Crippen LogP contribution is 2.30. The minimum Gasteiger partial charge on any atom is -0.419 e. The van der Waals surface area contributed by atoms with Gasteiger partial charge in [0.25, 0.3) is 5.79 Å². The number of carbonyl (C=O) groups is 2. The number of allylic oxidation sites excluding steroid dienone is 2. The molecule has 3 aromatic carbocycles. The van der Waals surface area contributed by atoms with E-state index in [0.29, 0.717) is 6.42 Å². The lowest BCUT2D eigenvalue weighted by Crippen LogP contribution is -2.43. The maximum absolute atomic E-state index is 12.2. The van der Waals surface area contributed by atoms with Crippen LogP contribution in [0.3, 0.4) is 0 Å². The third-order valence-corrected chi connectivity index (χ3v) is 5.04. The van der Waals surface area contributed by atoms with E-state index in [1.54, 1.807) is 19.9 Å². The third kappa shape index (κ3) is 3.18. The summed E-state index contributed by atoms with van der Waals surface area (Å²) in [5, 5.41) is 4.46. The highest BCUT2D eigenvalue weighted by Gasteiger charge is 2.40. The number of hydrogen-bond acceptors (Lipinski definition) is 4. The molecule has 28 heavy (non-hydrogen) atoms. The number of carbonyl (C=O) groups excluding carboxylic acids is 2. The van der Waals surface area contributed by atoms with E-state index in [4.69, 9.17) is 9.47 Å². The van der Waals surface area contributed by atoms with Gasteiger partial charge in [0.05, 0.1) is 0 Å². The van der Waals surface area contributed by atoms with Gasteiger partial charge in [-0.1, -0.05) is 67.6 Å². The molecule has 0 bridgehead atoms. The number of hydrogen-bond donors (Lipinski definition) is 0. The van der Waals surface area contributed by atoms with Crippen molar-refractivity contribution in [2.24, 2.45) is 0 Å². The van der Waals surface area contributed by atoms with Crippen molar-refractivity contribution in [3.63, 3.8) is 0 Å². The van der Waals surface area contributed by atoms with E-state index < -0.39 is 17.7 Å². The molecule has 1 fully saturated rings. The largest absolute Gasteiger partial charge is 0.419 e. The fraction of sp³-hybridized carbons (Fsp3) is 0.167. The molecule has 4 rings (SSSR count). The zero-order valence-corrected chi connectivity index (χ0v) is 15.8. The molecule has 4 nitrogen and oxygen atoms in total. The Kier molecular flexibility index (Phi) is 4.47. The smallest absolute Gasteiger partial charge is 0.348 e. The first-order valence-electron chi connectivity index (χ1n) is 9.26. The van der Waals surface area contributed by atoms with Gasteiger partial charge < -0.3 is 9.47 Å². The van der Waals surface area contributed by atoms with Gasteiger partial charge in [0.2, 0.25) is 0 Å². The quantitative estimate of drug-likeness (QED) is 0.276. The SMILES string of the molecule is CCC1(C)OC(=O)C(=CC=Cc2c3ccccc3cc3ccccc23)C(=O)O1. The van der Waals surface area contributed by atoms with E-state index in [1.807, 2.05) is 30.3 Å². The predicted molar refractivity (Wildman–Crippen MR) is 109 cm³/mol. The fourth-order valence-electron chi connectivity index (χ4n) is 3.36. The lowest BCUT2D eigenvalue weighted by atomic mass is 9.96. The lowest BCUT2D eigenvalue weighted by molar-refractivity contribution is -0.229. The summed E-state index contributed by atoms with van der Waals surface area (Å²) in [5.41, 5.74) is 0.924. The molecule has 0 N–H and O–H groups in total. The molecule has 1 heterocycles. The molecule has 1 aliphatic rings. The first-order valence-corrected chi connectivity index (χ1v) is 9.26. The van der Waals surface area contributed by atoms with Gasteiger partial charge in [0.1, 0.15) is 5.57 Å². The molecule has 1 saturated heterocycles. The highest BCUT2D eigenvalue weighted by atomic mass is 16.7. The van der Waals surface area contributed by atoms with Gasteiger partial charge in [-0.2, -0.15) is 0 Å². The molecule has 3 aromatic rings. The van der Waals surface area contributed by atoms with Crippen LogP contribution in [-0.2, 0) is 19.1 Å². The summed E-state index contributed by atoms with van der Waals surface area (Å²) in [6, 6.07) is 18.4. The average Bonchev–Trinajstić information content (AvgIpc) is 2.69. The van der Waals surface area contributed by atoms with Gasteiger partial charge in [0.15, 0.2) is 0 Å². The first kappa shape index (κ1) is 18.0. The number of esters is 2. The van der Waals surface area contributed by atoms with E-state index in [2.05, 4.69) is 30.3 Å². The molecular weight excluding hydrogens is 352 g/mol. The van der Waals surface area contributed by atoms with Crippen LogP contribution in [0.25, 0.3) is 27.6 Å².